The van der Waals surface area contributed by atoms with Crippen molar-refractivity contribution >= 4 is 44.1 Å². The first kappa shape index (κ1) is 17.4. The van der Waals surface area contributed by atoms with Gasteiger partial charge < -0.3 is 0 Å². The molecule has 0 fully saturated rings. The van der Waals surface area contributed by atoms with Crippen LogP contribution in [0.5, 0.6) is 0 Å². The van der Waals surface area contributed by atoms with E-state index in [0.29, 0.717) is 15.0 Å². The molecule has 7 heteroatoms. The van der Waals surface area contributed by atoms with Crippen LogP contribution in [0.2, 0.25) is 0 Å². The van der Waals surface area contributed by atoms with E-state index in [-0.39, 0.29) is 16.5 Å². The summed E-state index contributed by atoms with van der Waals surface area (Å²) in [6.07, 6.45) is 0. The first-order chi connectivity index (χ1) is 12.0. The number of hydrogen-bond acceptors (Lipinski definition) is 4. The molecule has 0 aliphatic heterocycles. The van der Waals surface area contributed by atoms with Crippen molar-refractivity contribution in [2.45, 2.75) is 6.92 Å². The first-order valence-electron chi connectivity index (χ1n) is 7.29. The largest absolute Gasteiger partial charge is 0.298 e. The molecular weight excluding hydrogens is 407 g/mol. The molecule has 0 aliphatic carbocycles. The van der Waals surface area contributed by atoms with Crippen LogP contribution >= 0.6 is 27.3 Å². The monoisotopic (exact) mass is 418 g/mol. The lowest BCUT2D eigenvalue weighted by molar-refractivity contribution is 0.101. The lowest BCUT2D eigenvalue weighted by Crippen LogP contribution is -2.12. The highest BCUT2D eigenvalue weighted by Crippen LogP contribution is 2.32. The third-order valence-corrected chi connectivity index (χ3v) is 5.15. The Kier molecular flexibility index (Phi) is 5.06. The van der Waals surface area contributed by atoms with Crippen molar-refractivity contribution in [3.63, 3.8) is 0 Å². The summed E-state index contributed by atoms with van der Waals surface area (Å²) in [5, 5.41) is 2.91. The lowest BCUT2D eigenvalue weighted by Gasteiger charge is -2.04. The molecule has 126 valence electrons. The number of hydrogen-bond donors (Lipinski definition) is 1. The summed E-state index contributed by atoms with van der Waals surface area (Å²) in [4.78, 5) is 29.1. The number of nitrogens with zero attached hydrogens (tertiary/aromatic N) is 1. The maximum absolute atomic E-state index is 13.4. The van der Waals surface area contributed by atoms with E-state index in [1.54, 1.807) is 0 Å². The molecule has 0 spiro atoms. The second kappa shape index (κ2) is 7.25. The zero-order valence-corrected chi connectivity index (χ0v) is 15.4. The molecule has 1 amide bonds. The number of thiazole rings is 1. The molecular formula is C18H12BrFN2O2S. The van der Waals surface area contributed by atoms with Gasteiger partial charge in [0.15, 0.2) is 10.9 Å². The molecule has 0 radical (unpaired) electrons. The number of anilines is 1. The number of carbonyl (C=O) groups excluding carboxylic acids is 2. The third kappa shape index (κ3) is 3.83. The van der Waals surface area contributed by atoms with Crippen LogP contribution in [-0.2, 0) is 0 Å². The molecule has 0 aliphatic rings. The number of ketones is 1. The van der Waals surface area contributed by atoms with Crippen LogP contribution in [-0.4, -0.2) is 16.7 Å². The maximum Gasteiger partial charge on any atom is 0.258 e. The Morgan fingerprint density at radius 3 is 2.56 bits per heavy atom. The number of nitrogens with one attached hydrogen (secondary N) is 1. The van der Waals surface area contributed by atoms with Crippen molar-refractivity contribution in [1.29, 1.82) is 0 Å². The summed E-state index contributed by atoms with van der Waals surface area (Å²) in [7, 11) is 0. The minimum absolute atomic E-state index is 0.135. The number of aromatic nitrogens is 1. The quantitative estimate of drug-likeness (QED) is 0.594. The molecule has 25 heavy (non-hydrogen) atoms. The molecule has 1 heterocycles. The molecule has 1 aromatic heterocycles. The van der Waals surface area contributed by atoms with Gasteiger partial charge in [0.2, 0.25) is 0 Å². The molecule has 2 aromatic carbocycles. The topological polar surface area (TPSA) is 59.1 Å². The number of halogens is 2. The van der Waals surface area contributed by atoms with Crippen LogP contribution in [0.1, 0.15) is 27.0 Å². The fraction of sp³-hybridized carbons (Fsp3) is 0.0556. The Morgan fingerprint density at radius 2 is 1.88 bits per heavy atom. The molecule has 1 N–H and O–H groups in total. The van der Waals surface area contributed by atoms with E-state index in [0.717, 1.165) is 23.0 Å². The van der Waals surface area contributed by atoms with Crippen molar-refractivity contribution in [3.05, 3.63) is 69.3 Å². The molecule has 3 rings (SSSR count). The number of benzene rings is 2. The van der Waals surface area contributed by atoms with Gasteiger partial charge in [-0.3, -0.25) is 14.9 Å². The summed E-state index contributed by atoms with van der Waals surface area (Å²) in [6, 6.07) is 13.1. The SMILES string of the molecule is CC(=O)c1sc(NC(=O)c2cc(F)ccc2Br)nc1-c1ccccc1. The number of amides is 1. The van der Waals surface area contributed by atoms with Crippen LogP contribution in [0.25, 0.3) is 11.3 Å². The van der Waals surface area contributed by atoms with E-state index in [4.69, 9.17) is 0 Å². The van der Waals surface area contributed by atoms with Crippen LogP contribution in [0.3, 0.4) is 0 Å². The number of carbonyl (C=O) groups is 2. The van der Waals surface area contributed by atoms with E-state index in [9.17, 15) is 14.0 Å². The molecule has 4 nitrogen and oxygen atoms in total. The second-order valence-electron chi connectivity index (χ2n) is 5.20. The fourth-order valence-electron chi connectivity index (χ4n) is 2.24. The van der Waals surface area contributed by atoms with Gasteiger partial charge in [-0.25, -0.2) is 9.37 Å². The summed E-state index contributed by atoms with van der Waals surface area (Å²) in [5.41, 5.74) is 1.46. The predicted molar refractivity (Wildman–Crippen MR) is 99.6 cm³/mol. The lowest BCUT2D eigenvalue weighted by atomic mass is 10.1. The molecule has 0 atom stereocenters. The maximum atomic E-state index is 13.4. The highest BCUT2D eigenvalue weighted by atomic mass is 79.9. The Hall–Kier alpha value is -2.38. The molecule has 0 unspecified atom stereocenters. The average Bonchev–Trinajstić information content (AvgIpc) is 3.02. The zero-order chi connectivity index (χ0) is 18.0. The van der Waals surface area contributed by atoms with Crippen molar-refractivity contribution < 1.29 is 14.0 Å². The highest BCUT2D eigenvalue weighted by molar-refractivity contribution is 9.10. The minimum Gasteiger partial charge on any atom is -0.298 e. The van der Waals surface area contributed by atoms with Crippen molar-refractivity contribution in [1.82, 2.24) is 4.98 Å². The van der Waals surface area contributed by atoms with Gasteiger partial charge in [-0.1, -0.05) is 41.7 Å². The third-order valence-electron chi connectivity index (χ3n) is 3.39. The fourth-order valence-corrected chi connectivity index (χ4v) is 3.54. The second-order valence-corrected chi connectivity index (χ2v) is 7.05. The van der Waals surface area contributed by atoms with E-state index in [1.807, 2.05) is 30.3 Å². The average molecular weight is 419 g/mol. The van der Waals surface area contributed by atoms with Crippen LogP contribution in [0.4, 0.5) is 9.52 Å². The molecule has 3 aromatic rings. The van der Waals surface area contributed by atoms with Gasteiger partial charge in [0.05, 0.1) is 16.1 Å². The zero-order valence-electron chi connectivity index (χ0n) is 13.0. The standard InChI is InChI=1S/C18H12BrFN2O2S/c1-10(23)16-15(11-5-3-2-4-6-11)21-18(25-16)22-17(24)13-9-12(20)7-8-14(13)19/h2-9H,1H3,(H,21,22,24). The number of rotatable bonds is 4. The van der Waals surface area contributed by atoms with E-state index in [2.05, 4.69) is 26.2 Å². The van der Waals surface area contributed by atoms with Crippen molar-refractivity contribution in [2.24, 2.45) is 0 Å². The summed E-state index contributed by atoms with van der Waals surface area (Å²) >= 11 is 4.32. The molecule has 0 saturated carbocycles. The normalized spacial score (nSPS) is 10.5. The van der Waals surface area contributed by atoms with E-state index in [1.165, 1.54) is 19.1 Å². The molecule has 0 bridgehead atoms. The predicted octanol–water partition coefficient (Wildman–Crippen LogP) is 5.17. The van der Waals surface area contributed by atoms with Crippen molar-refractivity contribution in [3.8, 4) is 11.3 Å². The van der Waals surface area contributed by atoms with Crippen LogP contribution < -0.4 is 5.32 Å². The van der Waals surface area contributed by atoms with Gasteiger partial charge in [-0.2, -0.15) is 0 Å². The van der Waals surface area contributed by atoms with Crippen LogP contribution in [0.15, 0.2) is 53.0 Å². The summed E-state index contributed by atoms with van der Waals surface area (Å²) in [6.45, 7) is 1.45. The minimum atomic E-state index is -0.512. The van der Waals surface area contributed by atoms with Gasteiger partial charge in [-0.05, 0) is 34.1 Å². The highest BCUT2D eigenvalue weighted by Gasteiger charge is 2.19. The van der Waals surface area contributed by atoms with Gasteiger partial charge in [0.1, 0.15) is 5.82 Å². The Balaban J connectivity index is 1.95. The smallest absolute Gasteiger partial charge is 0.258 e. The van der Waals surface area contributed by atoms with E-state index < -0.39 is 11.7 Å². The summed E-state index contributed by atoms with van der Waals surface area (Å²) < 4.78 is 13.9. The number of Topliss-reactive ketones (excluding diaryl/α,β-unsaturated/α-hetero) is 1. The van der Waals surface area contributed by atoms with Gasteiger partial charge in [0.25, 0.3) is 5.91 Å². The first-order valence-corrected chi connectivity index (χ1v) is 8.90. The summed E-state index contributed by atoms with van der Waals surface area (Å²) in [5.74, 6) is -1.15. The van der Waals surface area contributed by atoms with Gasteiger partial charge in [-0.15, -0.1) is 0 Å². The Bertz CT molecular complexity index is 957. The van der Waals surface area contributed by atoms with Gasteiger partial charge >= 0.3 is 0 Å². The van der Waals surface area contributed by atoms with Gasteiger partial charge in [0, 0.05) is 17.0 Å². The van der Waals surface area contributed by atoms with Crippen LogP contribution in [0, 0.1) is 5.82 Å². The van der Waals surface area contributed by atoms with E-state index >= 15 is 0 Å². The Labute approximate surface area is 155 Å². The van der Waals surface area contributed by atoms with Crippen molar-refractivity contribution in [2.75, 3.05) is 5.32 Å². The Morgan fingerprint density at radius 1 is 1.16 bits per heavy atom. The molecule has 0 saturated heterocycles.